The van der Waals surface area contributed by atoms with Gasteiger partial charge in [0.25, 0.3) is 0 Å². The molecule has 1 saturated heterocycles. The molecule has 0 aliphatic carbocycles. The molecule has 5 heteroatoms. The van der Waals surface area contributed by atoms with E-state index in [1.165, 1.54) is 0 Å². The Labute approximate surface area is 124 Å². The molecule has 0 saturated carbocycles. The van der Waals surface area contributed by atoms with Crippen LogP contribution < -0.4 is 15.5 Å². The Balaban J connectivity index is 1.83. The van der Waals surface area contributed by atoms with Crippen LogP contribution in [0.2, 0.25) is 0 Å². The summed E-state index contributed by atoms with van der Waals surface area (Å²) < 4.78 is 0. The summed E-state index contributed by atoms with van der Waals surface area (Å²) in [5, 5.41) is 6.33. The Hall–Kier alpha value is -1.88. The predicted molar refractivity (Wildman–Crippen MR) is 81.0 cm³/mol. The molecule has 1 fully saturated rings. The van der Waals surface area contributed by atoms with Gasteiger partial charge in [-0.3, -0.25) is 14.9 Å². The Bertz CT molecular complexity index is 558. The normalized spacial score (nSPS) is 26.0. The van der Waals surface area contributed by atoms with E-state index in [4.69, 9.17) is 0 Å². The fraction of sp³-hybridized carbons (Fsp3) is 0.500. The third-order valence-corrected chi connectivity index (χ3v) is 4.36. The smallest absolute Gasteiger partial charge is 0.237 e. The van der Waals surface area contributed by atoms with Gasteiger partial charge in [-0.25, -0.2) is 0 Å². The lowest BCUT2D eigenvalue weighted by atomic mass is 9.95. The van der Waals surface area contributed by atoms with E-state index in [0.29, 0.717) is 6.42 Å². The molecule has 3 rings (SSSR count). The van der Waals surface area contributed by atoms with Crippen LogP contribution in [0.15, 0.2) is 24.3 Å². The van der Waals surface area contributed by atoms with Crippen molar-refractivity contribution in [1.82, 2.24) is 10.6 Å². The van der Waals surface area contributed by atoms with Crippen molar-refractivity contribution in [3.05, 3.63) is 29.8 Å². The summed E-state index contributed by atoms with van der Waals surface area (Å²) in [4.78, 5) is 25.9. The van der Waals surface area contributed by atoms with Gasteiger partial charge in [0.15, 0.2) is 0 Å². The lowest BCUT2D eigenvalue weighted by molar-refractivity contribution is -0.124. The van der Waals surface area contributed by atoms with E-state index in [1.54, 1.807) is 11.9 Å². The summed E-state index contributed by atoms with van der Waals surface area (Å²) in [6, 6.07) is 7.60. The summed E-state index contributed by atoms with van der Waals surface area (Å²) in [5.74, 6) is 0.136. The first-order valence-corrected chi connectivity index (χ1v) is 7.56. The van der Waals surface area contributed by atoms with Crippen LogP contribution >= 0.6 is 0 Å². The zero-order valence-corrected chi connectivity index (χ0v) is 12.3. The summed E-state index contributed by atoms with van der Waals surface area (Å²) in [6.45, 7) is 0.750. The molecule has 2 N–H and O–H groups in total. The number of rotatable bonds is 2. The second-order valence-corrected chi connectivity index (χ2v) is 5.77. The van der Waals surface area contributed by atoms with Crippen LogP contribution in [0.3, 0.4) is 0 Å². The average molecular weight is 287 g/mol. The van der Waals surface area contributed by atoms with Gasteiger partial charge in [-0.2, -0.15) is 0 Å². The number of benzene rings is 1. The van der Waals surface area contributed by atoms with Crippen molar-refractivity contribution in [3.63, 3.8) is 0 Å². The van der Waals surface area contributed by atoms with Gasteiger partial charge in [0.2, 0.25) is 11.8 Å². The molecule has 1 aromatic carbocycles. The van der Waals surface area contributed by atoms with Gasteiger partial charge in [-0.15, -0.1) is 0 Å². The van der Waals surface area contributed by atoms with Crippen LogP contribution in [0.1, 0.15) is 37.3 Å². The lowest BCUT2D eigenvalue weighted by Crippen LogP contribution is -2.47. The van der Waals surface area contributed by atoms with Gasteiger partial charge in [-0.1, -0.05) is 18.2 Å². The molecule has 2 aliphatic heterocycles. The minimum Gasteiger partial charge on any atom is -0.355 e. The molecule has 2 unspecified atom stereocenters. The third-order valence-electron chi connectivity index (χ3n) is 4.36. The van der Waals surface area contributed by atoms with E-state index in [1.807, 2.05) is 24.3 Å². The van der Waals surface area contributed by atoms with Crippen molar-refractivity contribution in [2.75, 3.05) is 18.5 Å². The number of amides is 2. The van der Waals surface area contributed by atoms with Crippen LogP contribution in [0.25, 0.3) is 0 Å². The maximum atomic E-state index is 12.1. The first kappa shape index (κ1) is 14.1. The molecule has 2 amide bonds. The van der Waals surface area contributed by atoms with E-state index in [0.717, 1.165) is 37.1 Å². The SMILES string of the molecule is CN1C(=O)CC(NC2CCCCNC2=O)c2ccccc21. The molecule has 112 valence electrons. The number of carbonyl (C=O) groups excluding carboxylic acids is 2. The molecular weight excluding hydrogens is 266 g/mol. The number of hydrogen-bond donors (Lipinski definition) is 2. The minimum absolute atomic E-state index is 0.0522. The largest absolute Gasteiger partial charge is 0.355 e. The molecule has 0 bridgehead atoms. The van der Waals surface area contributed by atoms with Crippen molar-refractivity contribution >= 4 is 17.5 Å². The molecule has 0 radical (unpaired) electrons. The third kappa shape index (κ3) is 2.78. The van der Waals surface area contributed by atoms with Gasteiger partial charge in [0.05, 0.1) is 6.04 Å². The number of para-hydroxylation sites is 1. The van der Waals surface area contributed by atoms with Crippen LogP contribution in [-0.4, -0.2) is 31.4 Å². The van der Waals surface area contributed by atoms with Crippen molar-refractivity contribution < 1.29 is 9.59 Å². The highest BCUT2D eigenvalue weighted by atomic mass is 16.2. The predicted octanol–water partition coefficient (Wildman–Crippen LogP) is 1.35. The fourth-order valence-corrected chi connectivity index (χ4v) is 3.13. The monoisotopic (exact) mass is 287 g/mol. The van der Waals surface area contributed by atoms with E-state index >= 15 is 0 Å². The molecule has 1 aromatic rings. The van der Waals surface area contributed by atoms with E-state index < -0.39 is 0 Å². The zero-order valence-electron chi connectivity index (χ0n) is 12.3. The van der Waals surface area contributed by atoms with E-state index in [2.05, 4.69) is 10.6 Å². The van der Waals surface area contributed by atoms with E-state index in [9.17, 15) is 9.59 Å². The molecular formula is C16H21N3O2. The molecule has 21 heavy (non-hydrogen) atoms. The summed E-state index contributed by atoms with van der Waals surface area (Å²) in [5.41, 5.74) is 2.02. The Morgan fingerprint density at radius 2 is 2.00 bits per heavy atom. The average Bonchev–Trinajstić information content (AvgIpc) is 2.70. The highest BCUT2D eigenvalue weighted by Gasteiger charge is 2.32. The van der Waals surface area contributed by atoms with Crippen molar-refractivity contribution in [1.29, 1.82) is 0 Å². The molecule has 5 nitrogen and oxygen atoms in total. The van der Waals surface area contributed by atoms with Gasteiger partial charge in [0.1, 0.15) is 0 Å². The van der Waals surface area contributed by atoms with Crippen molar-refractivity contribution in [2.45, 2.75) is 37.8 Å². The van der Waals surface area contributed by atoms with E-state index in [-0.39, 0.29) is 23.9 Å². The molecule has 2 aliphatic rings. The molecule has 2 atom stereocenters. The second-order valence-electron chi connectivity index (χ2n) is 5.77. The van der Waals surface area contributed by atoms with Crippen molar-refractivity contribution in [3.8, 4) is 0 Å². The van der Waals surface area contributed by atoms with Gasteiger partial charge in [-0.05, 0) is 30.9 Å². The van der Waals surface area contributed by atoms with Gasteiger partial charge in [0, 0.05) is 31.7 Å². The summed E-state index contributed by atoms with van der Waals surface area (Å²) in [7, 11) is 1.80. The summed E-state index contributed by atoms with van der Waals surface area (Å²) >= 11 is 0. The highest BCUT2D eigenvalue weighted by Crippen LogP contribution is 2.33. The van der Waals surface area contributed by atoms with Crippen LogP contribution in [-0.2, 0) is 9.59 Å². The number of fused-ring (bicyclic) bond motifs is 1. The number of hydrogen-bond acceptors (Lipinski definition) is 3. The number of nitrogens with one attached hydrogen (secondary N) is 2. The summed E-state index contributed by atoms with van der Waals surface area (Å²) in [6.07, 6.45) is 3.28. The topological polar surface area (TPSA) is 61.4 Å². The van der Waals surface area contributed by atoms with Gasteiger partial charge >= 0.3 is 0 Å². The minimum atomic E-state index is -0.207. The second kappa shape index (κ2) is 5.85. The number of carbonyl (C=O) groups is 2. The maximum absolute atomic E-state index is 12.1. The van der Waals surface area contributed by atoms with Crippen molar-refractivity contribution in [2.24, 2.45) is 0 Å². The maximum Gasteiger partial charge on any atom is 0.237 e. The lowest BCUT2D eigenvalue weighted by Gasteiger charge is -2.33. The fourth-order valence-electron chi connectivity index (χ4n) is 3.13. The quantitative estimate of drug-likeness (QED) is 0.863. The number of nitrogens with zero attached hydrogens (tertiary/aromatic N) is 1. The molecule has 0 aromatic heterocycles. The Morgan fingerprint density at radius 3 is 2.86 bits per heavy atom. The number of anilines is 1. The van der Waals surface area contributed by atoms with Crippen LogP contribution in [0.4, 0.5) is 5.69 Å². The van der Waals surface area contributed by atoms with Gasteiger partial charge < -0.3 is 10.2 Å². The van der Waals surface area contributed by atoms with Crippen LogP contribution in [0, 0.1) is 0 Å². The Morgan fingerprint density at radius 1 is 1.19 bits per heavy atom. The first-order chi connectivity index (χ1) is 10.2. The van der Waals surface area contributed by atoms with Crippen LogP contribution in [0.5, 0.6) is 0 Å². The Kier molecular flexibility index (Phi) is 3.92. The highest BCUT2D eigenvalue weighted by molar-refractivity contribution is 5.96. The zero-order chi connectivity index (χ0) is 14.8. The molecule has 0 spiro atoms. The molecule has 2 heterocycles. The standard InChI is InChI=1S/C16H21N3O2/c1-19-14-8-3-2-6-11(14)13(10-15(19)20)18-12-7-4-5-9-17-16(12)21/h2-3,6,8,12-13,18H,4-5,7,9-10H2,1H3,(H,17,21). The first-order valence-electron chi connectivity index (χ1n) is 7.56.